The summed E-state index contributed by atoms with van der Waals surface area (Å²) in [7, 11) is 0. The molecule has 0 amide bonds. The Morgan fingerprint density at radius 3 is 1.92 bits per heavy atom. The molecule has 0 aliphatic heterocycles. The molecule has 139 valence electrons. The van der Waals surface area contributed by atoms with E-state index in [0.717, 1.165) is 5.92 Å². The molecule has 1 aliphatic carbocycles. The monoisotopic (exact) mass is 411 g/mol. The summed E-state index contributed by atoms with van der Waals surface area (Å²) in [5, 5.41) is 0.637. The molecule has 1 radical (unpaired) electrons. The van der Waals surface area contributed by atoms with Crippen LogP contribution in [0, 0.1) is 11.3 Å². The fraction of sp³-hybridized carbons (Fsp3) is 0.727. The Labute approximate surface area is 166 Å². The van der Waals surface area contributed by atoms with Crippen molar-refractivity contribution >= 4 is 33.8 Å². The van der Waals surface area contributed by atoms with Crippen molar-refractivity contribution in [2.75, 3.05) is 0 Å². The van der Waals surface area contributed by atoms with Crippen molar-refractivity contribution < 1.29 is 0 Å². The molecule has 1 unspecified atom stereocenters. The average Bonchev–Trinajstić information content (AvgIpc) is 3.01. The van der Waals surface area contributed by atoms with Crippen LogP contribution in [0.3, 0.4) is 0 Å². The fourth-order valence-corrected chi connectivity index (χ4v) is 4.67. The van der Waals surface area contributed by atoms with Gasteiger partial charge in [-0.15, -0.1) is 0 Å². The second kappa shape index (κ2) is 14.3. The summed E-state index contributed by atoms with van der Waals surface area (Å²) in [6.07, 6.45) is 11.1. The first-order valence-corrected chi connectivity index (χ1v) is 11.5. The molecule has 1 aromatic carbocycles. The van der Waals surface area contributed by atoms with E-state index in [4.69, 9.17) is 12.6 Å². The van der Waals surface area contributed by atoms with E-state index in [9.17, 15) is 0 Å². The van der Waals surface area contributed by atoms with Crippen LogP contribution >= 0.6 is 12.6 Å². The second-order valence-corrected chi connectivity index (χ2v) is 9.10. The van der Waals surface area contributed by atoms with Crippen LogP contribution in [0.1, 0.15) is 86.0 Å². The minimum absolute atomic E-state index is 0.623. The third-order valence-corrected chi connectivity index (χ3v) is 6.17. The molecule has 0 heterocycles. The van der Waals surface area contributed by atoms with Gasteiger partial charge < -0.3 is 0 Å². The molecule has 0 saturated heterocycles. The molecule has 0 nitrogen and oxygen atoms in total. The van der Waals surface area contributed by atoms with Gasteiger partial charge >= 0.3 is 51.5 Å². The summed E-state index contributed by atoms with van der Waals surface area (Å²) in [5.74, 6) is 0.900. The maximum absolute atomic E-state index is 4.81. The Balaban J connectivity index is 0.000000488. The van der Waals surface area contributed by atoms with Gasteiger partial charge in [0.1, 0.15) is 0 Å². The maximum atomic E-state index is 4.81. The summed E-state index contributed by atoms with van der Waals surface area (Å²) in [4.78, 5) is 0. The van der Waals surface area contributed by atoms with E-state index in [1.807, 2.05) is 32.0 Å². The third kappa shape index (κ3) is 10.9. The van der Waals surface area contributed by atoms with Gasteiger partial charge in [-0.1, -0.05) is 60.3 Å². The summed E-state index contributed by atoms with van der Waals surface area (Å²) in [5.41, 5.74) is 0.623. The quantitative estimate of drug-likeness (QED) is 0.411. The van der Waals surface area contributed by atoms with Crippen LogP contribution in [-0.4, -0.2) is 22.1 Å². The average molecular weight is 412 g/mol. The van der Waals surface area contributed by atoms with E-state index in [1.165, 1.54) is 55.7 Å². The summed E-state index contributed by atoms with van der Waals surface area (Å²) in [6.45, 7) is 11.1. The van der Waals surface area contributed by atoms with Crippen molar-refractivity contribution in [2.45, 2.75) is 91.2 Å². The number of hydrogen-bond acceptors (Lipinski definition) is 1. The van der Waals surface area contributed by atoms with E-state index in [2.05, 4.69) is 49.8 Å². The molecule has 24 heavy (non-hydrogen) atoms. The molecule has 0 bridgehead atoms. The summed E-state index contributed by atoms with van der Waals surface area (Å²) >= 11 is 6.89. The van der Waals surface area contributed by atoms with Crippen molar-refractivity contribution in [1.82, 2.24) is 0 Å². The predicted octanol–water partition coefficient (Wildman–Crippen LogP) is 6.32. The molecule has 0 N–H and O–H groups in total. The van der Waals surface area contributed by atoms with E-state index in [0.29, 0.717) is 10.7 Å². The predicted molar refractivity (Wildman–Crippen MR) is 117 cm³/mol. The molecule has 1 atom stereocenters. The third-order valence-electron chi connectivity index (χ3n) is 5.07. The zero-order chi connectivity index (χ0) is 18.4. The summed E-state index contributed by atoms with van der Waals surface area (Å²) < 4.78 is 1.32. The van der Waals surface area contributed by atoms with E-state index >= 15 is 0 Å². The molecule has 1 fully saturated rings. The van der Waals surface area contributed by atoms with Crippen molar-refractivity contribution in [1.29, 1.82) is 0 Å². The molecule has 2 heteroatoms. The molecule has 1 aromatic rings. The van der Waals surface area contributed by atoms with Gasteiger partial charge in [-0.25, -0.2) is 0 Å². The molecule has 1 saturated carbocycles. The molecule has 0 spiro atoms. The Morgan fingerprint density at radius 1 is 1.04 bits per heavy atom. The molecular weight excluding hydrogens is 371 g/mol. The van der Waals surface area contributed by atoms with E-state index in [-0.39, 0.29) is 0 Å². The molecule has 2 rings (SSSR count). The number of thiol groups is 1. The van der Waals surface area contributed by atoms with Gasteiger partial charge in [-0.3, -0.25) is 0 Å². The fourth-order valence-electron chi connectivity index (χ4n) is 3.53. The van der Waals surface area contributed by atoms with Gasteiger partial charge in [0.2, 0.25) is 0 Å². The normalized spacial score (nSPS) is 16.7. The second-order valence-electron chi connectivity index (χ2n) is 7.16. The van der Waals surface area contributed by atoms with Crippen molar-refractivity contribution in [3.8, 4) is 0 Å². The minimum atomic E-state index is 0.623. The van der Waals surface area contributed by atoms with Crippen molar-refractivity contribution in [3.63, 3.8) is 0 Å². The number of hydrogen-bond donors (Lipinski definition) is 1. The van der Waals surface area contributed by atoms with Crippen molar-refractivity contribution in [2.24, 2.45) is 11.3 Å². The van der Waals surface area contributed by atoms with Gasteiger partial charge in [0.05, 0.1) is 0 Å². The van der Waals surface area contributed by atoms with Gasteiger partial charge in [0, 0.05) is 5.25 Å². The van der Waals surface area contributed by atoms with E-state index in [1.54, 1.807) is 0 Å². The first-order chi connectivity index (χ1) is 11.5. The zero-order valence-electron chi connectivity index (χ0n) is 16.6. The number of rotatable bonds is 6. The van der Waals surface area contributed by atoms with Gasteiger partial charge in [0.15, 0.2) is 0 Å². The molecule has 0 aromatic heterocycles. The molecular formula is C22H40AsS. The topological polar surface area (TPSA) is 0 Å². The van der Waals surface area contributed by atoms with Crippen molar-refractivity contribution in [3.05, 3.63) is 30.3 Å². The van der Waals surface area contributed by atoms with Crippen LogP contribution in [-0.2, 0) is 0 Å². The standard InChI is InChI=1S/C14H28S.C6H6As.C2H6/c1-4-12(5-2)10-13(15)11-14(3)8-6-7-9-14;7-6-4-2-1-3-5-6;1-2/h12-13,15H,4-11H2,1-3H3;1-5,7H;1-2H3. The Hall–Kier alpha value is 0.128. The Kier molecular flexibility index (Phi) is 14.4. The molecule has 1 aliphatic rings. The SMILES string of the molecule is CC.CCC(CC)CC(S)CC1(C)CCCC1.[AsH]c1ccccc1. The van der Waals surface area contributed by atoms with Gasteiger partial charge in [-0.2, -0.15) is 12.6 Å². The van der Waals surface area contributed by atoms with Gasteiger partial charge in [0.25, 0.3) is 0 Å². The van der Waals surface area contributed by atoms with Crippen LogP contribution in [0.4, 0.5) is 0 Å². The van der Waals surface area contributed by atoms with Crippen LogP contribution in [0.5, 0.6) is 0 Å². The number of benzene rings is 1. The van der Waals surface area contributed by atoms with Crippen LogP contribution < -0.4 is 4.35 Å². The van der Waals surface area contributed by atoms with Crippen LogP contribution in [0.2, 0.25) is 0 Å². The Bertz CT molecular complexity index is 380. The first-order valence-electron chi connectivity index (χ1n) is 9.93. The van der Waals surface area contributed by atoms with E-state index < -0.39 is 0 Å². The van der Waals surface area contributed by atoms with Crippen LogP contribution in [0.15, 0.2) is 30.3 Å². The van der Waals surface area contributed by atoms with Gasteiger partial charge in [-0.05, 0) is 37.0 Å². The Morgan fingerprint density at radius 2 is 1.54 bits per heavy atom. The first kappa shape index (κ1) is 24.1. The van der Waals surface area contributed by atoms with Crippen LogP contribution in [0.25, 0.3) is 0 Å². The summed E-state index contributed by atoms with van der Waals surface area (Å²) in [6, 6.07) is 10.3. The zero-order valence-corrected chi connectivity index (χ0v) is 19.6.